The van der Waals surface area contributed by atoms with E-state index >= 15 is 0 Å². The summed E-state index contributed by atoms with van der Waals surface area (Å²) in [7, 11) is 1.98. The number of hydrogen-bond donors (Lipinski definition) is 1. The third-order valence-corrected chi connectivity index (χ3v) is 4.80. The van der Waals surface area contributed by atoms with Crippen LogP contribution < -0.4 is 5.73 Å². The van der Waals surface area contributed by atoms with Crippen molar-refractivity contribution < 1.29 is 0 Å². The van der Waals surface area contributed by atoms with Crippen molar-refractivity contribution >= 4 is 27.3 Å². The Bertz CT molecular complexity index is 504. The number of halogens is 1. The van der Waals surface area contributed by atoms with Crippen LogP contribution in [0.5, 0.6) is 0 Å². The molecule has 2 aromatic heterocycles. The first-order valence-electron chi connectivity index (χ1n) is 5.62. The molecule has 5 heteroatoms. The van der Waals surface area contributed by atoms with Crippen LogP contribution in [0.15, 0.2) is 22.0 Å². The summed E-state index contributed by atoms with van der Waals surface area (Å²) >= 11 is 5.22. The zero-order valence-corrected chi connectivity index (χ0v) is 12.4. The molecule has 0 saturated carbocycles. The van der Waals surface area contributed by atoms with E-state index in [2.05, 4.69) is 39.4 Å². The van der Waals surface area contributed by atoms with Gasteiger partial charge in [-0.2, -0.15) is 5.10 Å². The number of thiophene rings is 1. The Labute approximate surface area is 114 Å². The molecule has 0 saturated heterocycles. The van der Waals surface area contributed by atoms with Gasteiger partial charge < -0.3 is 5.73 Å². The van der Waals surface area contributed by atoms with Gasteiger partial charge in [-0.1, -0.05) is 6.92 Å². The van der Waals surface area contributed by atoms with E-state index in [9.17, 15) is 0 Å². The number of nitrogens with zero attached hydrogens (tertiary/aromatic N) is 2. The molecule has 0 bridgehead atoms. The number of rotatable bonds is 4. The number of aryl methyl sites for hydroxylation is 2. The molecule has 0 radical (unpaired) electrons. The van der Waals surface area contributed by atoms with Gasteiger partial charge in [0.2, 0.25) is 0 Å². The van der Waals surface area contributed by atoms with E-state index in [1.807, 2.05) is 17.8 Å². The Morgan fingerprint density at radius 2 is 2.35 bits per heavy atom. The molecular formula is C12H16BrN3S. The van der Waals surface area contributed by atoms with Crippen molar-refractivity contribution in [2.75, 3.05) is 0 Å². The van der Waals surface area contributed by atoms with Crippen molar-refractivity contribution in [3.05, 3.63) is 38.3 Å². The third kappa shape index (κ3) is 2.78. The van der Waals surface area contributed by atoms with Gasteiger partial charge in [-0.15, -0.1) is 11.3 Å². The first-order chi connectivity index (χ1) is 8.11. The van der Waals surface area contributed by atoms with Crippen LogP contribution in [0.2, 0.25) is 0 Å². The fourth-order valence-electron chi connectivity index (χ4n) is 1.82. The predicted octanol–water partition coefficient (Wildman–Crippen LogP) is 3.05. The second-order valence-electron chi connectivity index (χ2n) is 4.05. The minimum atomic E-state index is 0.0319. The van der Waals surface area contributed by atoms with Gasteiger partial charge in [-0.25, -0.2) is 0 Å². The molecule has 0 aromatic carbocycles. The lowest BCUT2D eigenvalue weighted by Crippen LogP contribution is -2.14. The molecule has 17 heavy (non-hydrogen) atoms. The Kier molecular flexibility index (Phi) is 4.01. The van der Waals surface area contributed by atoms with Gasteiger partial charge in [0, 0.05) is 34.6 Å². The van der Waals surface area contributed by atoms with Crippen LogP contribution in [-0.4, -0.2) is 9.78 Å². The molecular weight excluding hydrogens is 298 g/mol. The standard InChI is InChI=1S/C12H16BrN3S/c1-3-8-6-9(16(2)15-8)7-11(14)12-10(13)4-5-17-12/h4-6,11H,3,7,14H2,1-2H3. The highest BCUT2D eigenvalue weighted by atomic mass is 79.9. The first kappa shape index (κ1) is 12.8. The molecule has 2 N–H and O–H groups in total. The first-order valence-corrected chi connectivity index (χ1v) is 7.29. The molecule has 92 valence electrons. The summed E-state index contributed by atoms with van der Waals surface area (Å²) in [6.07, 6.45) is 1.79. The molecule has 2 heterocycles. The molecule has 0 aliphatic carbocycles. The highest BCUT2D eigenvalue weighted by Gasteiger charge is 2.14. The molecule has 0 aliphatic heterocycles. The lowest BCUT2D eigenvalue weighted by Gasteiger charge is -2.10. The van der Waals surface area contributed by atoms with Crippen molar-refractivity contribution in [3.8, 4) is 0 Å². The number of aromatic nitrogens is 2. The molecule has 0 spiro atoms. The van der Waals surface area contributed by atoms with Crippen molar-refractivity contribution in [2.45, 2.75) is 25.8 Å². The van der Waals surface area contributed by atoms with Gasteiger partial charge in [0.05, 0.1) is 5.69 Å². The topological polar surface area (TPSA) is 43.8 Å². The van der Waals surface area contributed by atoms with E-state index < -0.39 is 0 Å². The average molecular weight is 314 g/mol. The van der Waals surface area contributed by atoms with Gasteiger partial charge in [0.1, 0.15) is 0 Å². The molecule has 2 rings (SSSR count). The normalized spacial score (nSPS) is 12.9. The molecule has 3 nitrogen and oxygen atoms in total. The summed E-state index contributed by atoms with van der Waals surface area (Å²) < 4.78 is 3.04. The maximum absolute atomic E-state index is 6.23. The van der Waals surface area contributed by atoms with E-state index in [0.717, 1.165) is 23.0 Å². The fourth-order valence-corrected chi connectivity index (χ4v) is 3.49. The van der Waals surface area contributed by atoms with Crippen LogP contribution >= 0.6 is 27.3 Å². The molecule has 1 unspecified atom stereocenters. The van der Waals surface area contributed by atoms with Crippen molar-refractivity contribution in [3.63, 3.8) is 0 Å². The zero-order chi connectivity index (χ0) is 12.4. The van der Waals surface area contributed by atoms with Gasteiger partial charge in [-0.05, 0) is 39.9 Å². The molecule has 0 aliphatic rings. The van der Waals surface area contributed by atoms with Crippen molar-refractivity contribution in [2.24, 2.45) is 12.8 Å². The lowest BCUT2D eigenvalue weighted by molar-refractivity contribution is 0.643. The lowest BCUT2D eigenvalue weighted by atomic mass is 10.1. The molecule has 2 aromatic rings. The summed E-state index contributed by atoms with van der Waals surface area (Å²) in [5.41, 5.74) is 8.55. The van der Waals surface area contributed by atoms with E-state index in [-0.39, 0.29) is 6.04 Å². The quantitative estimate of drug-likeness (QED) is 0.942. The van der Waals surface area contributed by atoms with E-state index in [1.165, 1.54) is 10.6 Å². The van der Waals surface area contributed by atoms with Crippen LogP contribution in [0, 0.1) is 0 Å². The third-order valence-electron chi connectivity index (χ3n) is 2.80. The maximum atomic E-state index is 6.23. The van der Waals surface area contributed by atoms with E-state index in [0.29, 0.717) is 0 Å². The number of hydrogen-bond acceptors (Lipinski definition) is 3. The van der Waals surface area contributed by atoms with E-state index in [4.69, 9.17) is 5.73 Å². The molecule has 0 fully saturated rings. The van der Waals surface area contributed by atoms with Crippen molar-refractivity contribution in [1.82, 2.24) is 9.78 Å². The second-order valence-corrected chi connectivity index (χ2v) is 5.85. The highest BCUT2D eigenvalue weighted by molar-refractivity contribution is 9.10. The van der Waals surface area contributed by atoms with Crippen LogP contribution in [0.3, 0.4) is 0 Å². The molecule has 1 atom stereocenters. The average Bonchev–Trinajstić information content (AvgIpc) is 2.86. The minimum absolute atomic E-state index is 0.0319. The summed E-state index contributed by atoms with van der Waals surface area (Å²) in [5.74, 6) is 0. The summed E-state index contributed by atoms with van der Waals surface area (Å²) in [4.78, 5) is 1.20. The Morgan fingerprint density at radius 3 is 2.88 bits per heavy atom. The Hall–Kier alpha value is -0.650. The monoisotopic (exact) mass is 313 g/mol. The summed E-state index contributed by atoms with van der Waals surface area (Å²) in [5, 5.41) is 6.49. The van der Waals surface area contributed by atoms with Crippen molar-refractivity contribution in [1.29, 1.82) is 0 Å². The van der Waals surface area contributed by atoms with Gasteiger partial charge >= 0.3 is 0 Å². The summed E-state index contributed by atoms with van der Waals surface area (Å²) in [6, 6.07) is 4.21. The Balaban J connectivity index is 2.15. The largest absolute Gasteiger partial charge is 0.323 e. The van der Waals surface area contributed by atoms with Crippen LogP contribution in [0.1, 0.15) is 29.2 Å². The van der Waals surface area contributed by atoms with Crippen LogP contribution in [-0.2, 0) is 19.9 Å². The predicted molar refractivity (Wildman–Crippen MR) is 75.2 cm³/mol. The number of nitrogens with two attached hydrogens (primary N) is 1. The Morgan fingerprint density at radius 1 is 1.59 bits per heavy atom. The van der Waals surface area contributed by atoms with Gasteiger partial charge in [0.25, 0.3) is 0 Å². The second kappa shape index (κ2) is 5.33. The zero-order valence-electron chi connectivity index (χ0n) is 9.98. The van der Waals surface area contributed by atoms with Gasteiger partial charge in [-0.3, -0.25) is 4.68 Å². The summed E-state index contributed by atoms with van der Waals surface area (Å²) in [6.45, 7) is 2.11. The van der Waals surface area contributed by atoms with Crippen LogP contribution in [0.4, 0.5) is 0 Å². The molecule has 0 amide bonds. The van der Waals surface area contributed by atoms with E-state index in [1.54, 1.807) is 11.3 Å². The van der Waals surface area contributed by atoms with Gasteiger partial charge in [0.15, 0.2) is 0 Å². The maximum Gasteiger partial charge on any atom is 0.0624 e. The highest BCUT2D eigenvalue weighted by Crippen LogP contribution is 2.29. The SMILES string of the molecule is CCc1cc(CC(N)c2sccc2Br)n(C)n1. The fraction of sp³-hybridized carbons (Fsp3) is 0.417. The smallest absolute Gasteiger partial charge is 0.0624 e. The minimum Gasteiger partial charge on any atom is -0.323 e. The van der Waals surface area contributed by atoms with Crippen LogP contribution in [0.25, 0.3) is 0 Å².